The first-order valence-electron chi connectivity index (χ1n) is 6.31. The van der Waals surface area contributed by atoms with Crippen molar-refractivity contribution in [3.63, 3.8) is 0 Å². The number of imidazole rings is 2. The van der Waals surface area contributed by atoms with E-state index in [2.05, 4.69) is 19.9 Å². The Bertz CT molecular complexity index is 522. The number of hydrogen-bond acceptors (Lipinski definition) is 6. The summed E-state index contributed by atoms with van der Waals surface area (Å²) in [5, 5.41) is 16.8. The Balaban J connectivity index is 0.000000403. The van der Waals surface area contributed by atoms with Gasteiger partial charge in [-0.1, -0.05) is 0 Å². The molecule has 0 saturated heterocycles. The summed E-state index contributed by atoms with van der Waals surface area (Å²) < 4.78 is 0. The van der Waals surface area contributed by atoms with Crippen molar-refractivity contribution in [3.05, 3.63) is 36.4 Å². The summed E-state index contributed by atoms with van der Waals surface area (Å²) >= 11 is 0. The van der Waals surface area contributed by atoms with Crippen molar-refractivity contribution in [2.45, 2.75) is 24.9 Å². The maximum Gasteiger partial charge on any atom is 0.320 e. The Hall–Kier alpha value is -2.10. The van der Waals surface area contributed by atoms with E-state index in [1.54, 1.807) is 12.4 Å². The molecule has 23 heavy (non-hydrogen) atoms. The fourth-order valence-corrected chi connectivity index (χ4v) is 1.44. The van der Waals surface area contributed by atoms with Crippen LogP contribution in [0.1, 0.15) is 11.4 Å². The van der Waals surface area contributed by atoms with Crippen LogP contribution in [0.15, 0.2) is 25.0 Å². The van der Waals surface area contributed by atoms with E-state index in [1.165, 1.54) is 12.7 Å². The minimum atomic E-state index is -1.00. The molecule has 0 radical (unpaired) electrons. The van der Waals surface area contributed by atoms with Gasteiger partial charge in [0.2, 0.25) is 0 Å². The van der Waals surface area contributed by atoms with Gasteiger partial charge in [0, 0.05) is 56.1 Å². The van der Waals surface area contributed by atoms with Crippen LogP contribution >= 0.6 is 0 Å². The van der Waals surface area contributed by atoms with Crippen LogP contribution in [0.2, 0.25) is 0 Å². The smallest absolute Gasteiger partial charge is 0.320 e. The number of carboxylic acids is 2. The molecule has 0 unspecified atom stereocenters. The average Bonchev–Trinajstić information content (AvgIpc) is 3.12. The molecule has 0 spiro atoms. The molecule has 0 fully saturated rings. The number of carbonyl (C=O) groups is 2. The van der Waals surface area contributed by atoms with Gasteiger partial charge in [0.25, 0.3) is 0 Å². The molecule has 0 aliphatic heterocycles. The molecule has 10 nitrogen and oxygen atoms in total. The van der Waals surface area contributed by atoms with Gasteiger partial charge in [-0.2, -0.15) is 0 Å². The first-order chi connectivity index (χ1) is 10.4. The summed E-state index contributed by atoms with van der Waals surface area (Å²) in [7, 11) is 0. The van der Waals surface area contributed by atoms with Crippen molar-refractivity contribution in [1.29, 1.82) is 0 Å². The van der Waals surface area contributed by atoms with Crippen molar-refractivity contribution in [3.8, 4) is 0 Å². The van der Waals surface area contributed by atoms with Crippen LogP contribution in [0.5, 0.6) is 0 Å². The van der Waals surface area contributed by atoms with Crippen LogP contribution in [-0.2, 0) is 41.9 Å². The summed E-state index contributed by atoms with van der Waals surface area (Å²) in [4.78, 5) is 33.5. The predicted octanol–water partition coefficient (Wildman–Crippen LogP) is -1.27. The molecular formula is C12H18N6O4Zn. The number of nitrogens with one attached hydrogen (secondary N) is 2. The quantitative estimate of drug-likeness (QED) is 0.337. The maximum absolute atomic E-state index is 10.3. The van der Waals surface area contributed by atoms with Gasteiger partial charge < -0.3 is 31.6 Å². The Morgan fingerprint density at radius 2 is 1.30 bits per heavy atom. The Morgan fingerprint density at radius 3 is 1.52 bits per heavy atom. The molecule has 11 heteroatoms. The van der Waals surface area contributed by atoms with Gasteiger partial charge in [-0.25, -0.2) is 9.97 Å². The normalized spacial score (nSPS) is 12.3. The number of nitrogens with two attached hydrogens (primary N) is 2. The van der Waals surface area contributed by atoms with E-state index >= 15 is 0 Å². The van der Waals surface area contributed by atoms with Gasteiger partial charge in [0.05, 0.1) is 12.7 Å². The maximum atomic E-state index is 10.3. The van der Waals surface area contributed by atoms with Crippen LogP contribution in [0, 0.1) is 0 Å². The van der Waals surface area contributed by atoms with Gasteiger partial charge in [-0.15, -0.1) is 0 Å². The first-order valence-corrected chi connectivity index (χ1v) is 6.31. The van der Waals surface area contributed by atoms with Gasteiger partial charge >= 0.3 is 11.9 Å². The summed E-state index contributed by atoms with van der Waals surface area (Å²) in [5.74, 6) is -2.00. The molecule has 2 heterocycles. The van der Waals surface area contributed by atoms with Crippen molar-refractivity contribution < 1.29 is 39.3 Å². The van der Waals surface area contributed by atoms with Crippen LogP contribution in [0.4, 0.5) is 0 Å². The fraction of sp³-hybridized carbons (Fsp3) is 0.333. The summed E-state index contributed by atoms with van der Waals surface area (Å²) in [6, 6.07) is -1.70. The molecule has 0 amide bonds. The second-order valence-electron chi connectivity index (χ2n) is 4.45. The van der Waals surface area contributed by atoms with Crippen molar-refractivity contribution in [1.82, 2.24) is 19.9 Å². The molecule has 0 saturated carbocycles. The number of H-pyrrole nitrogens is 2. The van der Waals surface area contributed by atoms with Crippen molar-refractivity contribution >= 4 is 11.9 Å². The van der Waals surface area contributed by atoms with Crippen LogP contribution in [0.3, 0.4) is 0 Å². The number of carboxylic acid groups (broad SMARTS) is 2. The summed E-state index contributed by atoms with van der Waals surface area (Å²) in [6.45, 7) is 0. The first kappa shape index (κ1) is 20.9. The molecule has 2 atom stereocenters. The van der Waals surface area contributed by atoms with E-state index < -0.39 is 24.0 Å². The third-order valence-corrected chi connectivity index (χ3v) is 2.62. The molecule has 122 valence electrons. The molecule has 2 aromatic heterocycles. The summed E-state index contributed by atoms with van der Waals surface area (Å²) in [5.41, 5.74) is 12.0. The largest absolute Gasteiger partial charge is 0.480 e. The van der Waals surface area contributed by atoms with E-state index in [9.17, 15) is 9.59 Å². The van der Waals surface area contributed by atoms with E-state index in [-0.39, 0.29) is 32.3 Å². The van der Waals surface area contributed by atoms with Crippen LogP contribution in [0.25, 0.3) is 0 Å². The average molecular weight is 376 g/mol. The minimum Gasteiger partial charge on any atom is -0.480 e. The van der Waals surface area contributed by atoms with E-state index in [4.69, 9.17) is 21.7 Å². The number of aromatic nitrogens is 4. The third-order valence-electron chi connectivity index (χ3n) is 2.62. The van der Waals surface area contributed by atoms with Crippen LogP contribution < -0.4 is 11.5 Å². The van der Waals surface area contributed by atoms with E-state index in [1.807, 2.05) is 0 Å². The monoisotopic (exact) mass is 374 g/mol. The van der Waals surface area contributed by atoms with Crippen molar-refractivity contribution in [2.75, 3.05) is 0 Å². The fourth-order valence-electron chi connectivity index (χ4n) is 1.44. The topological polar surface area (TPSA) is 184 Å². The van der Waals surface area contributed by atoms with E-state index in [0.717, 1.165) is 11.4 Å². The van der Waals surface area contributed by atoms with Crippen molar-refractivity contribution in [2.24, 2.45) is 11.5 Å². The minimum absolute atomic E-state index is 0. The zero-order valence-corrected chi connectivity index (χ0v) is 15.3. The Kier molecular flexibility index (Phi) is 9.63. The molecule has 0 aliphatic rings. The molecule has 0 bridgehead atoms. The molecule has 2 aromatic rings. The molecule has 0 aliphatic carbocycles. The van der Waals surface area contributed by atoms with Crippen LogP contribution in [-0.4, -0.2) is 54.2 Å². The van der Waals surface area contributed by atoms with Gasteiger partial charge in [0.15, 0.2) is 0 Å². The van der Waals surface area contributed by atoms with Gasteiger partial charge in [-0.05, 0) is 0 Å². The Morgan fingerprint density at radius 1 is 0.957 bits per heavy atom. The number of aliphatic carboxylic acids is 2. The third kappa shape index (κ3) is 8.19. The molecule has 2 rings (SSSR count). The second kappa shape index (κ2) is 10.6. The number of aromatic amines is 2. The van der Waals surface area contributed by atoms with Gasteiger partial charge in [-0.3, -0.25) is 9.59 Å². The molecule has 0 aromatic carbocycles. The SMILES string of the molecule is N[C@H](Cc1cnc[nH]1)C(=O)O.N[C@H](Cc1cnc[nH]1)C(=O)O.[Zn]. The number of hydrogen-bond donors (Lipinski definition) is 6. The zero-order chi connectivity index (χ0) is 16.5. The Labute approximate surface area is 144 Å². The standard InChI is InChI=1S/2C6H9N3O2.Zn/c2*7-5(6(10)11)1-4-2-8-3-9-4;/h2*2-3,5H,1,7H2,(H,8,9)(H,10,11);/t2*5-;/m11./s1. The number of nitrogens with zero attached hydrogens (tertiary/aromatic N) is 2. The molecular weight excluding hydrogens is 358 g/mol. The van der Waals surface area contributed by atoms with E-state index in [0.29, 0.717) is 0 Å². The second-order valence-corrected chi connectivity index (χ2v) is 4.45. The summed E-state index contributed by atoms with van der Waals surface area (Å²) in [6.07, 6.45) is 6.67. The predicted molar refractivity (Wildman–Crippen MR) is 75.8 cm³/mol. The zero-order valence-electron chi connectivity index (χ0n) is 12.3. The van der Waals surface area contributed by atoms with Gasteiger partial charge in [0.1, 0.15) is 12.1 Å². The molecule has 8 N–H and O–H groups in total. The number of rotatable bonds is 6.